The van der Waals surface area contributed by atoms with E-state index in [4.69, 9.17) is 5.73 Å². The molecule has 4 rings (SSSR count). The number of amides is 1. The number of rotatable bonds is 2. The number of aryl methyl sites for hydroxylation is 1. The van der Waals surface area contributed by atoms with Gasteiger partial charge in [0.1, 0.15) is 5.82 Å². The summed E-state index contributed by atoms with van der Waals surface area (Å²) in [6.45, 7) is 3.26. The minimum Gasteiger partial charge on any atom is -0.337 e. The predicted molar refractivity (Wildman–Crippen MR) is 107 cm³/mol. The van der Waals surface area contributed by atoms with Crippen LogP contribution >= 0.6 is 0 Å². The molecule has 1 fully saturated rings. The van der Waals surface area contributed by atoms with Crippen molar-refractivity contribution in [2.75, 3.05) is 13.1 Å². The lowest BCUT2D eigenvalue weighted by Crippen LogP contribution is -2.45. The third-order valence-electron chi connectivity index (χ3n) is 5.31. The normalized spacial score (nSPS) is 17.3. The first-order valence-electron chi connectivity index (χ1n) is 9.38. The van der Waals surface area contributed by atoms with Crippen LogP contribution in [-0.4, -0.2) is 29.9 Å². The molecular weight excluding hydrogens is 339 g/mol. The van der Waals surface area contributed by atoms with Crippen LogP contribution in [0.5, 0.6) is 0 Å². The minimum atomic E-state index is -0.258. The average Bonchev–Trinajstić information content (AvgIpc) is 2.68. The summed E-state index contributed by atoms with van der Waals surface area (Å²) in [6, 6.07) is 16.5. The Morgan fingerprint density at radius 3 is 2.63 bits per heavy atom. The van der Waals surface area contributed by atoms with E-state index >= 15 is 0 Å². The molecule has 3 aromatic rings. The van der Waals surface area contributed by atoms with Crippen molar-refractivity contribution in [1.82, 2.24) is 4.90 Å². The van der Waals surface area contributed by atoms with Crippen molar-refractivity contribution in [3.8, 4) is 11.1 Å². The Labute approximate surface area is 158 Å². The lowest BCUT2D eigenvalue weighted by Gasteiger charge is -2.31. The quantitative estimate of drug-likeness (QED) is 0.729. The van der Waals surface area contributed by atoms with E-state index in [9.17, 15) is 9.18 Å². The number of likely N-dealkylation sites (tertiary alicyclic amines) is 1. The highest BCUT2D eigenvalue weighted by atomic mass is 19.1. The molecule has 3 aromatic carbocycles. The molecular formula is C23H23FN2O. The van der Waals surface area contributed by atoms with Gasteiger partial charge in [0.15, 0.2) is 0 Å². The van der Waals surface area contributed by atoms with Gasteiger partial charge >= 0.3 is 0 Å². The number of halogens is 1. The first-order chi connectivity index (χ1) is 13.0. The van der Waals surface area contributed by atoms with Crippen LogP contribution in [0.3, 0.4) is 0 Å². The molecule has 1 atom stereocenters. The van der Waals surface area contributed by atoms with E-state index in [1.165, 1.54) is 6.07 Å². The maximum absolute atomic E-state index is 14.5. The van der Waals surface area contributed by atoms with E-state index in [1.54, 1.807) is 6.07 Å². The Kier molecular flexibility index (Phi) is 4.66. The van der Waals surface area contributed by atoms with Gasteiger partial charge in [-0.1, -0.05) is 42.0 Å². The number of hydrogen-bond acceptors (Lipinski definition) is 2. The summed E-state index contributed by atoms with van der Waals surface area (Å²) in [5.74, 6) is -0.260. The molecule has 1 saturated heterocycles. The van der Waals surface area contributed by atoms with Gasteiger partial charge in [0, 0.05) is 30.3 Å². The van der Waals surface area contributed by atoms with Gasteiger partial charge in [0.2, 0.25) is 0 Å². The van der Waals surface area contributed by atoms with Crippen molar-refractivity contribution >= 4 is 16.7 Å². The number of nitrogens with zero attached hydrogens (tertiary/aromatic N) is 1. The van der Waals surface area contributed by atoms with Crippen molar-refractivity contribution in [3.05, 3.63) is 71.5 Å². The van der Waals surface area contributed by atoms with E-state index in [2.05, 4.69) is 0 Å². The third-order valence-corrected chi connectivity index (χ3v) is 5.31. The Morgan fingerprint density at radius 2 is 1.85 bits per heavy atom. The highest BCUT2D eigenvalue weighted by Crippen LogP contribution is 2.33. The van der Waals surface area contributed by atoms with Gasteiger partial charge in [-0.25, -0.2) is 4.39 Å². The molecule has 4 heteroatoms. The molecule has 0 radical (unpaired) electrons. The van der Waals surface area contributed by atoms with Crippen LogP contribution in [0.2, 0.25) is 0 Å². The standard InChI is InChI=1S/C23H23FN2O/c1-15-8-11-22(24)21(13-15)19-9-10-20(18-7-3-2-6-17(18)19)23(27)26-12-4-5-16(25)14-26/h2-3,6-11,13,16H,4-5,12,14,25H2,1H3/t16-/m1/s1. The summed E-state index contributed by atoms with van der Waals surface area (Å²) in [5, 5.41) is 1.73. The zero-order valence-electron chi connectivity index (χ0n) is 15.4. The fourth-order valence-corrected chi connectivity index (χ4v) is 3.93. The fourth-order valence-electron chi connectivity index (χ4n) is 3.93. The molecule has 1 heterocycles. The molecule has 1 aliphatic heterocycles. The Balaban J connectivity index is 1.84. The number of benzene rings is 3. The SMILES string of the molecule is Cc1ccc(F)c(-c2ccc(C(=O)N3CCC[C@@H](N)C3)c3ccccc23)c1. The maximum atomic E-state index is 14.5. The van der Waals surface area contributed by atoms with Gasteiger partial charge < -0.3 is 10.6 Å². The Hall–Kier alpha value is -2.72. The second kappa shape index (κ2) is 7.12. The van der Waals surface area contributed by atoms with E-state index < -0.39 is 0 Å². The zero-order valence-corrected chi connectivity index (χ0v) is 15.4. The number of carbonyl (C=O) groups excluding carboxylic acids is 1. The minimum absolute atomic E-state index is 0.00221. The van der Waals surface area contributed by atoms with Gasteiger partial charge in [-0.3, -0.25) is 4.79 Å². The summed E-state index contributed by atoms with van der Waals surface area (Å²) >= 11 is 0. The molecule has 2 N–H and O–H groups in total. The Bertz CT molecular complexity index is 1010. The number of piperidine rings is 1. The second-order valence-electron chi connectivity index (χ2n) is 7.34. The monoisotopic (exact) mass is 362 g/mol. The first-order valence-corrected chi connectivity index (χ1v) is 9.38. The lowest BCUT2D eigenvalue weighted by molar-refractivity contribution is 0.0711. The van der Waals surface area contributed by atoms with Crippen molar-refractivity contribution in [2.24, 2.45) is 5.73 Å². The smallest absolute Gasteiger partial charge is 0.254 e. The summed E-state index contributed by atoms with van der Waals surface area (Å²) < 4.78 is 14.5. The molecule has 0 bridgehead atoms. The average molecular weight is 362 g/mol. The highest BCUT2D eigenvalue weighted by molar-refractivity contribution is 6.11. The van der Waals surface area contributed by atoms with E-state index in [-0.39, 0.29) is 17.8 Å². The third kappa shape index (κ3) is 3.33. The van der Waals surface area contributed by atoms with Crippen LogP contribution in [-0.2, 0) is 0 Å². The molecule has 1 aliphatic rings. The second-order valence-corrected chi connectivity index (χ2v) is 7.34. The summed E-state index contributed by atoms with van der Waals surface area (Å²) in [7, 11) is 0. The number of fused-ring (bicyclic) bond motifs is 1. The van der Waals surface area contributed by atoms with Gasteiger partial charge in [0.25, 0.3) is 5.91 Å². The highest BCUT2D eigenvalue weighted by Gasteiger charge is 2.24. The molecule has 0 spiro atoms. The number of hydrogen-bond donors (Lipinski definition) is 1. The molecule has 0 saturated carbocycles. The summed E-state index contributed by atoms with van der Waals surface area (Å²) in [6.07, 6.45) is 1.88. The summed E-state index contributed by atoms with van der Waals surface area (Å²) in [4.78, 5) is 15.0. The van der Waals surface area contributed by atoms with Crippen molar-refractivity contribution in [3.63, 3.8) is 0 Å². The van der Waals surface area contributed by atoms with Gasteiger partial charge in [-0.2, -0.15) is 0 Å². The maximum Gasteiger partial charge on any atom is 0.254 e. The fraction of sp³-hybridized carbons (Fsp3) is 0.261. The topological polar surface area (TPSA) is 46.3 Å². The molecule has 138 valence electrons. The molecule has 0 aliphatic carbocycles. The zero-order chi connectivity index (χ0) is 19.0. The van der Waals surface area contributed by atoms with Crippen molar-refractivity contribution < 1.29 is 9.18 Å². The predicted octanol–water partition coefficient (Wildman–Crippen LogP) is 4.52. The van der Waals surface area contributed by atoms with E-state index in [0.717, 1.165) is 41.3 Å². The van der Waals surface area contributed by atoms with Crippen molar-refractivity contribution in [2.45, 2.75) is 25.8 Å². The van der Waals surface area contributed by atoms with Crippen LogP contribution in [0, 0.1) is 12.7 Å². The molecule has 1 amide bonds. The molecule has 0 unspecified atom stereocenters. The van der Waals surface area contributed by atoms with Gasteiger partial charge in [0.05, 0.1) is 0 Å². The number of nitrogens with two attached hydrogens (primary N) is 1. The molecule has 3 nitrogen and oxygen atoms in total. The van der Waals surface area contributed by atoms with Gasteiger partial charge in [-0.15, -0.1) is 0 Å². The van der Waals surface area contributed by atoms with Crippen LogP contribution in [0.4, 0.5) is 4.39 Å². The van der Waals surface area contributed by atoms with Crippen molar-refractivity contribution in [1.29, 1.82) is 0 Å². The first kappa shape index (κ1) is 17.7. The Morgan fingerprint density at radius 1 is 1.07 bits per heavy atom. The number of carbonyl (C=O) groups is 1. The van der Waals surface area contributed by atoms with Crippen LogP contribution < -0.4 is 5.73 Å². The largest absolute Gasteiger partial charge is 0.337 e. The summed E-state index contributed by atoms with van der Waals surface area (Å²) in [5.41, 5.74) is 9.06. The van der Waals surface area contributed by atoms with Crippen LogP contribution in [0.15, 0.2) is 54.6 Å². The molecule has 0 aromatic heterocycles. The molecule has 27 heavy (non-hydrogen) atoms. The lowest BCUT2D eigenvalue weighted by atomic mass is 9.93. The van der Waals surface area contributed by atoms with Crippen LogP contribution in [0.25, 0.3) is 21.9 Å². The van der Waals surface area contributed by atoms with E-state index in [0.29, 0.717) is 17.7 Å². The van der Waals surface area contributed by atoms with Gasteiger partial charge in [-0.05, 0) is 54.3 Å². The van der Waals surface area contributed by atoms with Crippen LogP contribution in [0.1, 0.15) is 28.8 Å². The van der Waals surface area contributed by atoms with E-state index in [1.807, 2.05) is 54.3 Å².